The van der Waals surface area contributed by atoms with E-state index in [2.05, 4.69) is 37.1 Å². The van der Waals surface area contributed by atoms with Crippen LogP contribution in [0.1, 0.15) is 5.56 Å². The summed E-state index contributed by atoms with van der Waals surface area (Å²) in [6.45, 7) is 4.83. The zero-order chi connectivity index (χ0) is 15.6. The summed E-state index contributed by atoms with van der Waals surface area (Å²) in [6.07, 6.45) is 5.37. The Hall–Kier alpha value is -2.18. The lowest BCUT2D eigenvalue weighted by molar-refractivity contribution is 0.249. The number of anilines is 1. The molecule has 6 nitrogen and oxygen atoms in total. The third kappa shape index (κ3) is 3.00. The van der Waals surface area contributed by atoms with Crippen LogP contribution in [0.5, 0.6) is 0 Å². The molecule has 1 saturated heterocycles. The van der Waals surface area contributed by atoms with Crippen molar-refractivity contribution >= 4 is 23.1 Å². The fourth-order valence-electron chi connectivity index (χ4n) is 2.93. The summed E-state index contributed by atoms with van der Waals surface area (Å²) in [6, 6.07) is 8.08. The van der Waals surface area contributed by atoms with E-state index in [-0.39, 0.29) is 0 Å². The lowest BCUT2D eigenvalue weighted by Crippen LogP contribution is -2.46. The lowest BCUT2D eigenvalue weighted by atomic mass is 10.2. The predicted octanol–water partition coefficient (Wildman–Crippen LogP) is 2.10. The van der Waals surface area contributed by atoms with Crippen molar-refractivity contribution in [2.24, 2.45) is 0 Å². The number of aromatic nitrogens is 4. The maximum atomic E-state index is 5.94. The van der Waals surface area contributed by atoms with Gasteiger partial charge in [-0.05, 0) is 17.7 Å². The molecule has 1 aromatic carbocycles. The third-order valence-electron chi connectivity index (χ3n) is 4.19. The van der Waals surface area contributed by atoms with Crippen LogP contribution in [0.25, 0.3) is 5.65 Å². The van der Waals surface area contributed by atoms with Crippen molar-refractivity contribution in [3.05, 3.63) is 53.6 Å². The smallest absolute Gasteiger partial charge is 0.203 e. The monoisotopic (exact) mass is 328 g/mol. The van der Waals surface area contributed by atoms with Crippen LogP contribution in [0.2, 0.25) is 5.02 Å². The second kappa shape index (κ2) is 6.14. The van der Waals surface area contributed by atoms with Crippen molar-refractivity contribution in [3.63, 3.8) is 0 Å². The Labute approximate surface area is 139 Å². The highest BCUT2D eigenvalue weighted by molar-refractivity contribution is 6.30. The van der Waals surface area contributed by atoms with Gasteiger partial charge in [-0.3, -0.25) is 9.30 Å². The number of nitrogens with zero attached hydrogens (tertiary/aromatic N) is 6. The highest BCUT2D eigenvalue weighted by Crippen LogP contribution is 2.19. The van der Waals surface area contributed by atoms with Gasteiger partial charge in [0.25, 0.3) is 0 Å². The molecule has 3 heterocycles. The van der Waals surface area contributed by atoms with Gasteiger partial charge in [-0.15, -0.1) is 10.2 Å². The molecule has 0 unspecified atom stereocenters. The van der Waals surface area contributed by atoms with E-state index in [9.17, 15) is 0 Å². The van der Waals surface area contributed by atoms with Crippen LogP contribution in [-0.4, -0.2) is 50.7 Å². The first-order valence-electron chi connectivity index (χ1n) is 7.66. The van der Waals surface area contributed by atoms with Crippen LogP contribution < -0.4 is 4.90 Å². The minimum atomic E-state index is 0.783. The van der Waals surface area contributed by atoms with Gasteiger partial charge < -0.3 is 4.90 Å². The van der Waals surface area contributed by atoms with E-state index < -0.39 is 0 Å². The molecule has 0 amide bonds. The van der Waals surface area contributed by atoms with Gasteiger partial charge in [0, 0.05) is 50.1 Å². The molecule has 0 atom stereocenters. The van der Waals surface area contributed by atoms with Crippen LogP contribution >= 0.6 is 11.6 Å². The average Bonchev–Trinajstić information content (AvgIpc) is 3.06. The van der Waals surface area contributed by atoms with E-state index in [0.29, 0.717) is 0 Å². The molecule has 23 heavy (non-hydrogen) atoms. The maximum absolute atomic E-state index is 5.94. The number of halogens is 1. The topological polar surface area (TPSA) is 49.6 Å². The molecule has 0 saturated carbocycles. The van der Waals surface area contributed by atoms with Gasteiger partial charge in [-0.1, -0.05) is 23.7 Å². The Morgan fingerprint density at radius 1 is 1.04 bits per heavy atom. The van der Waals surface area contributed by atoms with Crippen molar-refractivity contribution in [2.45, 2.75) is 6.54 Å². The maximum Gasteiger partial charge on any atom is 0.203 e. The normalized spacial score (nSPS) is 16.1. The van der Waals surface area contributed by atoms with Gasteiger partial charge in [0.2, 0.25) is 5.65 Å². The second-order valence-corrected chi connectivity index (χ2v) is 6.14. The number of hydrogen-bond acceptors (Lipinski definition) is 5. The summed E-state index contributed by atoms with van der Waals surface area (Å²) in [7, 11) is 0. The zero-order valence-electron chi connectivity index (χ0n) is 12.6. The number of piperazine rings is 1. The summed E-state index contributed by atoms with van der Waals surface area (Å²) >= 11 is 5.94. The minimum Gasteiger partial charge on any atom is -0.351 e. The van der Waals surface area contributed by atoms with Gasteiger partial charge in [0.1, 0.15) is 6.33 Å². The summed E-state index contributed by atoms with van der Waals surface area (Å²) < 4.78 is 1.91. The molecular formula is C16H17ClN6. The summed E-state index contributed by atoms with van der Waals surface area (Å²) in [5.41, 5.74) is 2.11. The predicted molar refractivity (Wildman–Crippen MR) is 89.7 cm³/mol. The summed E-state index contributed by atoms with van der Waals surface area (Å²) in [5.74, 6) is 0.913. The molecule has 1 fully saturated rings. The standard InChI is InChI=1S/C16H17ClN6/c17-14-3-1-13(2-4-14)11-21-7-9-22(10-8-21)15-16-20-19-12-23(16)6-5-18-15/h1-6,12H,7-11H2. The van der Waals surface area contributed by atoms with Gasteiger partial charge in [0.15, 0.2) is 5.82 Å². The van der Waals surface area contributed by atoms with Crippen LogP contribution in [0.15, 0.2) is 43.0 Å². The Balaban J connectivity index is 1.43. The van der Waals surface area contributed by atoms with Crippen molar-refractivity contribution in [1.82, 2.24) is 24.5 Å². The van der Waals surface area contributed by atoms with Crippen molar-refractivity contribution in [2.75, 3.05) is 31.1 Å². The molecule has 1 aliphatic rings. The van der Waals surface area contributed by atoms with Gasteiger partial charge in [0.05, 0.1) is 0 Å². The molecule has 0 N–H and O–H groups in total. The lowest BCUT2D eigenvalue weighted by Gasteiger charge is -2.35. The molecule has 1 aliphatic heterocycles. The van der Waals surface area contributed by atoms with E-state index in [4.69, 9.17) is 11.6 Å². The molecule has 0 spiro atoms. The first-order chi connectivity index (χ1) is 11.3. The first-order valence-corrected chi connectivity index (χ1v) is 8.03. The second-order valence-electron chi connectivity index (χ2n) is 5.70. The first kappa shape index (κ1) is 14.4. The van der Waals surface area contributed by atoms with E-state index in [1.54, 1.807) is 12.5 Å². The number of benzene rings is 1. The molecule has 118 valence electrons. The Morgan fingerprint density at radius 2 is 1.83 bits per heavy atom. The zero-order valence-corrected chi connectivity index (χ0v) is 13.4. The number of fused-ring (bicyclic) bond motifs is 1. The van der Waals surface area contributed by atoms with Gasteiger partial charge in [-0.2, -0.15) is 0 Å². The van der Waals surface area contributed by atoms with E-state index in [1.807, 2.05) is 22.7 Å². The molecule has 0 aliphatic carbocycles. The van der Waals surface area contributed by atoms with E-state index in [1.165, 1.54) is 5.56 Å². The minimum absolute atomic E-state index is 0.783. The largest absolute Gasteiger partial charge is 0.351 e. The summed E-state index contributed by atoms with van der Waals surface area (Å²) in [4.78, 5) is 9.22. The van der Waals surface area contributed by atoms with Gasteiger partial charge >= 0.3 is 0 Å². The Bertz CT molecular complexity index is 792. The molecule has 2 aromatic heterocycles. The molecule has 0 radical (unpaired) electrons. The average molecular weight is 329 g/mol. The molecule has 7 heteroatoms. The highest BCUT2D eigenvalue weighted by Gasteiger charge is 2.20. The van der Waals surface area contributed by atoms with Crippen molar-refractivity contribution in [1.29, 1.82) is 0 Å². The molecule has 3 aromatic rings. The fourth-order valence-corrected chi connectivity index (χ4v) is 3.06. The number of hydrogen-bond donors (Lipinski definition) is 0. The van der Waals surface area contributed by atoms with Crippen LogP contribution in [0.3, 0.4) is 0 Å². The fraction of sp³-hybridized carbons (Fsp3) is 0.312. The quantitative estimate of drug-likeness (QED) is 0.737. The molecule has 0 bridgehead atoms. The van der Waals surface area contributed by atoms with Crippen LogP contribution in [0, 0.1) is 0 Å². The van der Waals surface area contributed by atoms with E-state index in [0.717, 1.165) is 49.2 Å². The highest BCUT2D eigenvalue weighted by atomic mass is 35.5. The van der Waals surface area contributed by atoms with E-state index >= 15 is 0 Å². The van der Waals surface area contributed by atoms with Crippen molar-refractivity contribution in [3.8, 4) is 0 Å². The number of rotatable bonds is 3. The molecular weight excluding hydrogens is 312 g/mol. The van der Waals surface area contributed by atoms with Gasteiger partial charge in [-0.25, -0.2) is 4.98 Å². The SMILES string of the molecule is Clc1ccc(CN2CCN(c3nccn4cnnc34)CC2)cc1. The molecule has 4 rings (SSSR count). The van der Waals surface area contributed by atoms with Crippen LogP contribution in [-0.2, 0) is 6.54 Å². The Kier molecular flexibility index (Phi) is 3.85. The Morgan fingerprint density at radius 3 is 2.61 bits per heavy atom. The summed E-state index contributed by atoms with van der Waals surface area (Å²) in [5, 5.41) is 8.91. The third-order valence-corrected chi connectivity index (χ3v) is 4.44. The van der Waals surface area contributed by atoms with Crippen molar-refractivity contribution < 1.29 is 0 Å². The van der Waals surface area contributed by atoms with Crippen LogP contribution in [0.4, 0.5) is 5.82 Å².